The van der Waals surface area contributed by atoms with Gasteiger partial charge < -0.3 is 10.1 Å². The van der Waals surface area contributed by atoms with Crippen molar-refractivity contribution < 1.29 is 14.3 Å². The fraction of sp³-hybridized carbons (Fsp3) is 0.421. The summed E-state index contributed by atoms with van der Waals surface area (Å²) in [5.74, 6) is 0.520. The maximum atomic E-state index is 12.2. The van der Waals surface area contributed by atoms with Crippen LogP contribution >= 0.6 is 11.3 Å². The Bertz CT molecular complexity index is 695. The van der Waals surface area contributed by atoms with Gasteiger partial charge in [-0.15, -0.1) is 11.3 Å². The zero-order chi connectivity index (χ0) is 18.1. The molecule has 1 aromatic heterocycles. The molecule has 0 saturated carbocycles. The first-order valence-electron chi connectivity index (χ1n) is 8.57. The lowest BCUT2D eigenvalue weighted by Crippen LogP contribution is -2.13. The Morgan fingerprint density at radius 2 is 1.92 bits per heavy atom. The van der Waals surface area contributed by atoms with Crippen LogP contribution in [0.15, 0.2) is 30.5 Å². The Kier molecular flexibility index (Phi) is 7.60. The monoisotopic (exact) mass is 360 g/mol. The number of ketones is 1. The second-order valence-electron chi connectivity index (χ2n) is 5.83. The van der Waals surface area contributed by atoms with Crippen LogP contribution in [0, 0.1) is 6.92 Å². The van der Waals surface area contributed by atoms with Gasteiger partial charge in [0.05, 0.1) is 6.61 Å². The quantitative estimate of drug-likeness (QED) is 0.496. The molecule has 0 aliphatic rings. The van der Waals surface area contributed by atoms with E-state index in [0.717, 1.165) is 29.9 Å². The minimum Gasteiger partial charge on any atom is -0.494 e. The number of nitrogens with zero attached hydrogens (tertiary/aromatic N) is 1. The lowest BCUT2D eigenvalue weighted by molar-refractivity contribution is -0.116. The van der Waals surface area contributed by atoms with Crippen LogP contribution < -0.4 is 10.1 Å². The number of anilines is 1. The summed E-state index contributed by atoms with van der Waals surface area (Å²) in [4.78, 5) is 29.2. The number of aromatic nitrogens is 1. The number of carbonyl (C=O) groups excluding carboxylic acids is 2. The molecular weight excluding hydrogens is 336 g/mol. The van der Waals surface area contributed by atoms with E-state index in [1.807, 2.05) is 6.92 Å². The molecular formula is C19H24N2O3S. The first-order valence-corrected chi connectivity index (χ1v) is 9.38. The number of ether oxygens (including phenoxy) is 1. The molecule has 0 fully saturated rings. The third-order valence-corrected chi connectivity index (χ3v) is 4.47. The average molecular weight is 360 g/mol. The summed E-state index contributed by atoms with van der Waals surface area (Å²) in [5, 5.41) is 3.28. The smallest absolute Gasteiger partial charge is 0.226 e. The van der Waals surface area contributed by atoms with Crippen molar-refractivity contribution in [2.75, 3.05) is 11.9 Å². The van der Waals surface area contributed by atoms with Crippen molar-refractivity contribution in [3.8, 4) is 5.75 Å². The molecule has 0 atom stereocenters. The van der Waals surface area contributed by atoms with Crippen molar-refractivity contribution in [2.45, 2.75) is 46.0 Å². The molecule has 25 heavy (non-hydrogen) atoms. The zero-order valence-electron chi connectivity index (χ0n) is 14.7. The van der Waals surface area contributed by atoms with E-state index in [0.29, 0.717) is 17.3 Å². The molecule has 0 saturated heterocycles. The summed E-state index contributed by atoms with van der Waals surface area (Å²) in [7, 11) is 0. The van der Waals surface area contributed by atoms with Crippen molar-refractivity contribution in [1.82, 2.24) is 4.98 Å². The molecule has 0 unspecified atom stereocenters. The Balaban J connectivity index is 1.75. The number of carbonyl (C=O) groups is 2. The number of benzene rings is 1. The average Bonchev–Trinajstić information content (AvgIpc) is 3.02. The first-order chi connectivity index (χ1) is 12.1. The Labute approximate surface area is 152 Å². The standard InChI is InChI=1S/C19H24N2O3S/c1-3-4-5-12-24-16-8-6-15(7-9-16)17(22)10-11-18(23)21-19-20-13-14(2)25-19/h6-9,13H,3-5,10-12H2,1-2H3,(H,20,21,23). The second kappa shape index (κ2) is 9.93. The third kappa shape index (κ3) is 6.66. The van der Waals surface area contributed by atoms with Crippen LogP contribution in [0.5, 0.6) is 5.75 Å². The minimum absolute atomic E-state index is 0.0528. The van der Waals surface area contributed by atoms with Crippen LogP contribution in [0.3, 0.4) is 0 Å². The van der Waals surface area contributed by atoms with E-state index in [1.165, 1.54) is 11.3 Å². The van der Waals surface area contributed by atoms with E-state index in [1.54, 1.807) is 30.5 Å². The number of thiazole rings is 1. The van der Waals surface area contributed by atoms with Gasteiger partial charge in [-0.05, 0) is 37.6 Å². The van der Waals surface area contributed by atoms with Gasteiger partial charge in [0.25, 0.3) is 0 Å². The number of aryl methyl sites for hydroxylation is 1. The minimum atomic E-state index is -0.196. The Morgan fingerprint density at radius 1 is 1.16 bits per heavy atom. The molecule has 1 N–H and O–H groups in total. The van der Waals surface area contributed by atoms with Gasteiger partial charge in [-0.1, -0.05) is 19.8 Å². The van der Waals surface area contributed by atoms with Gasteiger partial charge in [0.15, 0.2) is 10.9 Å². The molecule has 0 aliphatic carbocycles. The highest BCUT2D eigenvalue weighted by molar-refractivity contribution is 7.15. The van der Waals surface area contributed by atoms with E-state index >= 15 is 0 Å². The van der Waals surface area contributed by atoms with Crippen molar-refractivity contribution in [3.05, 3.63) is 40.9 Å². The van der Waals surface area contributed by atoms with Gasteiger partial charge in [0, 0.05) is 29.5 Å². The molecule has 6 heteroatoms. The van der Waals surface area contributed by atoms with Crippen molar-refractivity contribution in [2.24, 2.45) is 0 Å². The predicted octanol–water partition coefficient (Wildman–Crippen LogP) is 4.62. The maximum Gasteiger partial charge on any atom is 0.226 e. The lowest BCUT2D eigenvalue weighted by atomic mass is 10.1. The molecule has 0 spiro atoms. The number of nitrogens with one attached hydrogen (secondary N) is 1. The van der Waals surface area contributed by atoms with Gasteiger partial charge in [-0.25, -0.2) is 4.98 Å². The zero-order valence-corrected chi connectivity index (χ0v) is 15.5. The third-order valence-electron chi connectivity index (χ3n) is 3.64. The van der Waals surface area contributed by atoms with Crippen LogP contribution in [0.2, 0.25) is 0 Å². The molecule has 1 amide bonds. The van der Waals surface area contributed by atoms with Crippen LogP contribution in [-0.2, 0) is 4.79 Å². The van der Waals surface area contributed by atoms with Gasteiger partial charge in [0.2, 0.25) is 5.91 Å². The molecule has 2 rings (SSSR count). The highest BCUT2D eigenvalue weighted by atomic mass is 32.1. The van der Waals surface area contributed by atoms with Crippen molar-refractivity contribution in [3.63, 3.8) is 0 Å². The molecule has 1 aromatic carbocycles. The summed E-state index contributed by atoms with van der Waals surface area (Å²) < 4.78 is 5.63. The summed E-state index contributed by atoms with van der Waals surface area (Å²) in [5.41, 5.74) is 0.596. The SMILES string of the molecule is CCCCCOc1ccc(C(=O)CCC(=O)Nc2ncc(C)s2)cc1. The van der Waals surface area contributed by atoms with Gasteiger partial charge in [-0.2, -0.15) is 0 Å². The normalized spacial score (nSPS) is 10.5. The van der Waals surface area contributed by atoms with Crippen LogP contribution in [0.1, 0.15) is 54.3 Å². The Hall–Kier alpha value is -2.21. The molecule has 0 aliphatic heterocycles. The fourth-order valence-corrected chi connectivity index (χ4v) is 2.93. The largest absolute Gasteiger partial charge is 0.494 e. The lowest BCUT2D eigenvalue weighted by Gasteiger charge is -2.07. The van der Waals surface area contributed by atoms with E-state index in [-0.39, 0.29) is 24.5 Å². The summed E-state index contributed by atoms with van der Waals surface area (Å²) in [6.45, 7) is 4.77. The summed E-state index contributed by atoms with van der Waals surface area (Å²) >= 11 is 1.42. The van der Waals surface area contributed by atoms with Gasteiger partial charge in [0.1, 0.15) is 5.75 Å². The highest BCUT2D eigenvalue weighted by Gasteiger charge is 2.11. The number of rotatable bonds is 10. The number of unbranched alkanes of at least 4 members (excludes halogenated alkanes) is 2. The summed E-state index contributed by atoms with van der Waals surface area (Å²) in [6, 6.07) is 7.11. The summed E-state index contributed by atoms with van der Waals surface area (Å²) in [6.07, 6.45) is 5.37. The molecule has 1 heterocycles. The van der Waals surface area contributed by atoms with Crippen molar-refractivity contribution >= 4 is 28.2 Å². The predicted molar refractivity (Wildman–Crippen MR) is 101 cm³/mol. The first kappa shape index (κ1) is 19.1. The molecule has 0 bridgehead atoms. The number of amides is 1. The van der Waals surface area contributed by atoms with Crippen LogP contribution in [0.4, 0.5) is 5.13 Å². The van der Waals surface area contributed by atoms with E-state index < -0.39 is 0 Å². The highest BCUT2D eigenvalue weighted by Crippen LogP contribution is 2.18. The number of hydrogen-bond donors (Lipinski definition) is 1. The maximum absolute atomic E-state index is 12.2. The topological polar surface area (TPSA) is 68.3 Å². The van der Waals surface area contributed by atoms with Crippen LogP contribution in [0.25, 0.3) is 0 Å². The van der Waals surface area contributed by atoms with E-state index in [4.69, 9.17) is 4.74 Å². The van der Waals surface area contributed by atoms with Gasteiger partial charge in [-0.3, -0.25) is 9.59 Å². The van der Waals surface area contributed by atoms with Gasteiger partial charge >= 0.3 is 0 Å². The van der Waals surface area contributed by atoms with Crippen LogP contribution in [-0.4, -0.2) is 23.3 Å². The molecule has 0 radical (unpaired) electrons. The Morgan fingerprint density at radius 3 is 2.56 bits per heavy atom. The molecule has 134 valence electrons. The van der Waals surface area contributed by atoms with E-state index in [9.17, 15) is 9.59 Å². The number of hydrogen-bond acceptors (Lipinski definition) is 5. The van der Waals surface area contributed by atoms with Crippen molar-refractivity contribution in [1.29, 1.82) is 0 Å². The number of Topliss-reactive ketones (excluding diaryl/α,β-unsaturated/α-hetero) is 1. The fourth-order valence-electron chi connectivity index (χ4n) is 2.24. The molecule has 2 aromatic rings. The second-order valence-corrected chi connectivity index (χ2v) is 7.06. The van der Waals surface area contributed by atoms with E-state index in [2.05, 4.69) is 17.2 Å². The molecule has 5 nitrogen and oxygen atoms in total.